The van der Waals surface area contributed by atoms with Crippen LogP contribution >= 0.6 is 23.2 Å². The first kappa shape index (κ1) is 17.5. The van der Waals surface area contributed by atoms with Gasteiger partial charge in [-0.1, -0.05) is 47.0 Å². The normalized spacial score (nSPS) is 10.9. The number of nitriles is 1. The first-order chi connectivity index (χ1) is 13.0. The van der Waals surface area contributed by atoms with Gasteiger partial charge < -0.3 is 5.32 Å². The Morgan fingerprint density at radius 1 is 1.11 bits per heavy atom. The minimum atomic E-state index is 0.448. The number of H-pyrrole nitrogens is 1. The van der Waals surface area contributed by atoms with Gasteiger partial charge in [-0.05, 0) is 37.6 Å². The molecule has 2 heterocycles. The fourth-order valence-corrected chi connectivity index (χ4v) is 3.34. The number of nitrogens with one attached hydrogen (secondary N) is 2. The van der Waals surface area contributed by atoms with Crippen molar-refractivity contribution in [2.75, 3.05) is 5.32 Å². The van der Waals surface area contributed by atoms with Crippen molar-refractivity contribution in [3.63, 3.8) is 0 Å². The molecule has 4 rings (SSSR count). The number of nitrogens with zero attached hydrogens (tertiary/aromatic N) is 3. The van der Waals surface area contributed by atoms with E-state index >= 15 is 0 Å². The maximum atomic E-state index is 9.36. The van der Waals surface area contributed by atoms with Gasteiger partial charge in [0.2, 0.25) is 0 Å². The van der Waals surface area contributed by atoms with E-state index in [9.17, 15) is 5.26 Å². The second-order valence-electron chi connectivity index (χ2n) is 6.34. The first-order valence-electron chi connectivity index (χ1n) is 8.27. The highest BCUT2D eigenvalue weighted by molar-refractivity contribution is 6.42. The SMILES string of the molecule is Cc1ccc(Nc2c(-c3ccc(Cl)c(Cl)c3)nc3c(C#N)c[nH]n23)c(C)c1. The van der Waals surface area contributed by atoms with Gasteiger partial charge in [-0.2, -0.15) is 5.26 Å². The summed E-state index contributed by atoms with van der Waals surface area (Å²) in [5.41, 5.74) is 5.74. The lowest BCUT2D eigenvalue weighted by molar-refractivity contribution is 0.979. The minimum Gasteiger partial charge on any atom is -0.338 e. The smallest absolute Gasteiger partial charge is 0.173 e. The third-order valence-electron chi connectivity index (χ3n) is 4.40. The van der Waals surface area contributed by atoms with E-state index in [0.717, 1.165) is 22.6 Å². The Hall–Kier alpha value is -2.94. The van der Waals surface area contributed by atoms with E-state index in [-0.39, 0.29) is 0 Å². The lowest BCUT2D eigenvalue weighted by atomic mass is 10.1. The molecule has 0 spiro atoms. The summed E-state index contributed by atoms with van der Waals surface area (Å²) in [6.07, 6.45) is 1.63. The third kappa shape index (κ3) is 3.03. The minimum absolute atomic E-state index is 0.448. The molecule has 0 saturated heterocycles. The van der Waals surface area contributed by atoms with Gasteiger partial charge in [0.05, 0.1) is 10.0 Å². The van der Waals surface area contributed by atoms with E-state index < -0.39 is 0 Å². The molecule has 0 saturated carbocycles. The van der Waals surface area contributed by atoms with Gasteiger partial charge in [0.1, 0.15) is 17.3 Å². The lowest BCUT2D eigenvalue weighted by Crippen LogP contribution is -1.99. The van der Waals surface area contributed by atoms with Crippen LogP contribution in [0.25, 0.3) is 16.9 Å². The number of benzene rings is 2. The number of fused-ring (bicyclic) bond motifs is 1. The molecular formula is C20H15Cl2N5. The van der Waals surface area contributed by atoms with Crippen LogP contribution in [-0.2, 0) is 0 Å². The van der Waals surface area contributed by atoms with Crippen LogP contribution in [0.15, 0.2) is 42.6 Å². The maximum absolute atomic E-state index is 9.36. The van der Waals surface area contributed by atoms with Crippen molar-refractivity contribution in [2.45, 2.75) is 13.8 Å². The number of hydrogen-bond donors (Lipinski definition) is 2. The number of hydrogen-bond acceptors (Lipinski definition) is 3. The maximum Gasteiger partial charge on any atom is 0.173 e. The van der Waals surface area contributed by atoms with E-state index in [4.69, 9.17) is 23.2 Å². The van der Waals surface area contributed by atoms with Gasteiger partial charge in [0.25, 0.3) is 0 Å². The Labute approximate surface area is 166 Å². The molecule has 0 unspecified atom stereocenters. The molecule has 7 heteroatoms. The molecule has 0 amide bonds. The van der Waals surface area contributed by atoms with E-state index in [0.29, 0.717) is 26.9 Å². The Balaban J connectivity index is 1.92. The Morgan fingerprint density at radius 2 is 1.93 bits per heavy atom. The predicted molar refractivity (Wildman–Crippen MR) is 109 cm³/mol. The van der Waals surface area contributed by atoms with Gasteiger partial charge in [-0.25, -0.2) is 9.50 Å². The summed E-state index contributed by atoms with van der Waals surface area (Å²) < 4.78 is 1.76. The quantitative estimate of drug-likeness (QED) is 0.455. The van der Waals surface area contributed by atoms with E-state index in [1.807, 2.05) is 25.1 Å². The Kier molecular flexibility index (Phi) is 4.31. The van der Waals surface area contributed by atoms with Crippen LogP contribution in [0.1, 0.15) is 16.7 Å². The Bertz CT molecular complexity index is 1210. The molecule has 0 fully saturated rings. The first-order valence-corrected chi connectivity index (χ1v) is 9.03. The number of anilines is 2. The van der Waals surface area contributed by atoms with E-state index in [1.54, 1.807) is 22.8 Å². The van der Waals surface area contributed by atoms with Crippen molar-refractivity contribution >= 4 is 40.4 Å². The highest BCUT2D eigenvalue weighted by Crippen LogP contribution is 2.35. The van der Waals surface area contributed by atoms with Crippen LogP contribution in [0.4, 0.5) is 11.5 Å². The molecule has 2 aromatic carbocycles. The average Bonchev–Trinajstić information content (AvgIpc) is 3.19. The topological polar surface area (TPSA) is 68.9 Å². The van der Waals surface area contributed by atoms with Crippen LogP contribution in [0.3, 0.4) is 0 Å². The lowest BCUT2D eigenvalue weighted by Gasteiger charge is -2.11. The van der Waals surface area contributed by atoms with Gasteiger partial charge in [-0.15, -0.1) is 0 Å². The molecule has 0 atom stereocenters. The molecule has 0 bridgehead atoms. The highest BCUT2D eigenvalue weighted by Gasteiger charge is 2.19. The molecule has 0 radical (unpaired) electrons. The van der Waals surface area contributed by atoms with Gasteiger partial charge in [-0.3, -0.25) is 5.10 Å². The fraction of sp³-hybridized carbons (Fsp3) is 0.100. The summed E-state index contributed by atoms with van der Waals surface area (Å²) in [6.45, 7) is 4.10. The van der Waals surface area contributed by atoms with Crippen molar-refractivity contribution in [3.8, 4) is 17.3 Å². The molecule has 4 aromatic rings. The molecule has 5 nitrogen and oxygen atoms in total. The Morgan fingerprint density at radius 3 is 2.63 bits per heavy atom. The van der Waals surface area contributed by atoms with Crippen molar-refractivity contribution in [3.05, 3.63) is 69.3 Å². The van der Waals surface area contributed by atoms with Crippen molar-refractivity contribution < 1.29 is 0 Å². The van der Waals surface area contributed by atoms with Crippen LogP contribution in [0, 0.1) is 25.2 Å². The van der Waals surface area contributed by atoms with Gasteiger partial charge >= 0.3 is 0 Å². The van der Waals surface area contributed by atoms with Crippen LogP contribution in [-0.4, -0.2) is 14.6 Å². The van der Waals surface area contributed by atoms with E-state index in [1.165, 1.54) is 5.56 Å². The third-order valence-corrected chi connectivity index (χ3v) is 5.14. The molecule has 0 aliphatic carbocycles. The summed E-state index contributed by atoms with van der Waals surface area (Å²) in [4.78, 5) is 4.67. The number of aromatic nitrogens is 3. The van der Waals surface area contributed by atoms with Crippen molar-refractivity contribution in [1.82, 2.24) is 14.6 Å². The zero-order valence-electron chi connectivity index (χ0n) is 14.6. The zero-order chi connectivity index (χ0) is 19.1. The largest absolute Gasteiger partial charge is 0.338 e. The van der Waals surface area contributed by atoms with Gasteiger partial charge in [0, 0.05) is 17.4 Å². The average molecular weight is 396 g/mol. The molecule has 0 aliphatic heterocycles. The number of imidazole rings is 1. The summed E-state index contributed by atoms with van der Waals surface area (Å²) in [5.74, 6) is 0.719. The summed E-state index contributed by atoms with van der Waals surface area (Å²) in [6, 6.07) is 13.7. The van der Waals surface area contributed by atoms with Crippen molar-refractivity contribution in [1.29, 1.82) is 5.26 Å². The number of rotatable bonds is 3. The predicted octanol–water partition coefficient (Wildman–Crippen LogP) is 5.87. The standard InChI is InChI=1S/C20H15Cl2N5/c1-11-3-6-17(12(2)7-11)25-20-18(13-4-5-15(21)16(22)8-13)26-19-14(9-23)10-24-27(19)20/h3-8,10,24-25H,1-2H3. The summed E-state index contributed by atoms with van der Waals surface area (Å²) >= 11 is 12.3. The second kappa shape index (κ2) is 6.66. The number of halogens is 2. The summed E-state index contributed by atoms with van der Waals surface area (Å²) in [7, 11) is 0. The molecule has 2 N–H and O–H groups in total. The van der Waals surface area contributed by atoms with Crippen LogP contribution in [0.2, 0.25) is 10.0 Å². The molecular weight excluding hydrogens is 381 g/mol. The van der Waals surface area contributed by atoms with Crippen LogP contribution in [0.5, 0.6) is 0 Å². The number of aromatic amines is 1. The van der Waals surface area contributed by atoms with Gasteiger partial charge in [0.15, 0.2) is 11.5 Å². The number of aryl methyl sites for hydroxylation is 2. The van der Waals surface area contributed by atoms with E-state index in [2.05, 4.69) is 34.5 Å². The summed E-state index contributed by atoms with van der Waals surface area (Å²) in [5, 5.41) is 16.8. The second-order valence-corrected chi connectivity index (χ2v) is 7.15. The highest BCUT2D eigenvalue weighted by atomic mass is 35.5. The van der Waals surface area contributed by atoms with Crippen LogP contribution < -0.4 is 5.32 Å². The van der Waals surface area contributed by atoms with Crippen molar-refractivity contribution in [2.24, 2.45) is 0 Å². The molecule has 2 aromatic heterocycles. The fourth-order valence-electron chi connectivity index (χ4n) is 3.04. The molecule has 134 valence electrons. The molecule has 27 heavy (non-hydrogen) atoms. The monoisotopic (exact) mass is 395 g/mol. The molecule has 0 aliphatic rings. The zero-order valence-corrected chi connectivity index (χ0v) is 16.2.